The van der Waals surface area contributed by atoms with Crippen LogP contribution in [0.25, 0.3) is 0 Å². The summed E-state index contributed by atoms with van der Waals surface area (Å²) in [5.41, 5.74) is 12.3. The highest BCUT2D eigenvalue weighted by Crippen LogP contribution is 2.35. The summed E-state index contributed by atoms with van der Waals surface area (Å²) in [6, 6.07) is 8.55. The molecule has 0 saturated heterocycles. The van der Waals surface area contributed by atoms with Gasteiger partial charge in [-0.2, -0.15) is 0 Å². The smallest absolute Gasteiger partial charge is 0.253 e. The molecule has 0 radical (unpaired) electrons. The van der Waals surface area contributed by atoms with Crippen LogP contribution in [-0.2, 0) is 0 Å². The molecule has 2 rings (SSSR count). The van der Waals surface area contributed by atoms with Gasteiger partial charge in [0.25, 0.3) is 5.56 Å². The van der Waals surface area contributed by atoms with Crippen LogP contribution in [0.4, 0.5) is 5.82 Å². The zero-order valence-electron chi connectivity index (χ0n) is 10.8. The van der Waals surface area contributed by atoms with E-state index in [-0.39, 0.29) is 22.7 Å². The summed E-state index contributed by atoms with van der Waals surface area (Å²) in [6.45, 7) is 1.90. The van der Waals surface area contributed by atoms with E-state index in [1.54, 1.807) is 0 Å². The molecule has 0 spiro atoms. The van der Waals surface area contributed by atoms with Crippen molar-refractivity contribution >= 4 is 29.2 Å². The fraction of sp³-hybridized carbons (Fsp3) is 0.231. The average Bonchev–Trinajstić information content (AvgIpc) is 2.36. The number of aromatic nitrogens is 2. The third kappa shape index (κ3) is 3.75. The number of hydrogen-bond acceptors (Lipinski definition) is 5. The number of thioether (sulfide) groups is 1. The van der Waals surface area contributed by atoms with Crippen LogP contribution in [-0.4, -0.2) is 16.0 Å². The van der Waals surface area contributed by atoms with Gasteiger partial charge in [-0.15, -0.1) is 0 Å². The predicted octanol–water partition coefficient (Wildman–Crippen LogP) is 2.19. The van der Waals surface area contributed by atoms with Gasteiger partial charge in [-0.3, -0.25) is 4.79 Å². The fourth-order valence-corrected chi connectivity index (χ4v) is 2.95. The second-order valence-electron chi connectivity index (χ2n) is 4.42. The molecule has 0 aliphatic rings. The lowest BCUT2D eigenvalue weighted by Crippen LogP contribution is -2.23. The minimum Gasteiger partial charge on any atom is -0.383 e. The number of nitrogen functional groups attached to an aromatic ring is 1. The predicted molar refractivity (Wildman–Crippen MR) is 83.0 cm³/mol. The number of nitrogens with two attached hydrogens (primary N) is 2. The molecule has 2 atom stereocenters. The van der Waals surface area contributed by atoms with Gasteiger partial charge >= 0.3 is 0 Å². The molecule has 20 heavy (non-hydrogen) atoms. The second-order valence-corrected chi connectivity index (χ2v) is 5.99. The number of halogens is 1. The van der Waals surface area contributed by atoms with Gasteiger partial charge in [0.05, 0.1) is 5.25 Å². The first kappa shape index (κ1) is 14.9. The number of H-pyrrole nitrogens is 1. The Morgan fingerprint density at radius 1 is 1.35 bits per heavy atom. The number of rotatable bonds is 4. The Morgan fingerprint density at radius 2 is 2.00 bits per heavy atom. The summed E-state index contributed by atoms with van der Waals surface area (Å²) < 4.78 is 0. The maximum atomic E-state index is 11.4. The first-order valence-electron chi connectivity index (χ1n) is 6.00. The summed E-state index contributed by atoms with van der Waals surface area (Å²) in [6.07, 6.45) is 0. The van der Waals surface area contributed by atoms with Gasteiger partial charge in [-0.05, 0) is 24.6 Å². The maximum absolute atomic E-state index is 11.4. The maximum Gasteiger partial charge on any atom is 0.253 e. The highest BCUT2D eigenvalue weighted by atomic mass is 35.5. The SMILES string of the molecule is CC(N)C(Sc1nc(N)cc(=O)[nH]1)c1ccc(Cl)cc1. The first-order chi connectivity index (χ1) is 9.45. The van der Waals surface area contributed by atoms with Crippen LogP contribution in [0.3, 0.4) is 0 Å². The molecule has 2 aromatic rings. The molecule has 0 fully saturated rings. The van der Waals surface area contributed by atoms with Crippen molar-refractivity contribution < 1.29 is 0 Å². The fourth-order valence-electron chi connectivity index (χ4n) is 1.76. The van der Waals surface area contributed by atoms with Crippen molar-refractivity contribution in [3.8, 4) is 0 Å². The van der Waals surface area contributed by atoms with Crippen LogP contribution in [0.15, 0.2) is 40.3 Å². The van der Waals surface area contributed by atoms with Crippen molar-refractivity contribution in [3.63, 3.8) is 0 Å². The molecule has 5 nitrogen and oxygen atoms in total. The van der Waals surface area contributed by atoms with Gasteiger partial charge in [-0.25, -0.2) is 4.98 Å². The Labute approximate surface area is 125 Å². The van der Waals surface area contributed by atoms with E-state index in [4.69, 9.17) is 23.1 Å². The molecule has 0 saturated carbocycles. The Hall–Kier alpha value is -1.50. The highest BCUT2D eigenvalue weighted by Gasteiger charge is 2.19. The van der Waals surface area contributed by atoms with Crippen molar-refractivity contribution in [3.05, 3.63) is 51.3 Å². The van der Waals surface area contributed by atoms with Gasteiger partial charge in [0, 0.05) is 17.1 Å². The summed E-state index contributed by atoms with van der Waals surface area (Å²) >= 11 is 7.25. The molecule has 7 heteroatoms. The molecule has 106 valence electrons. The molecule has 1 aromatic heterocycles. The number of hydrogen-bond donors (Lipinski definition) is 3. The standard InChI is InChI=1S/C13H15ClN4OS/c1-7(15)12(8-2-4-9(14)5-3-8)20-13-17-10(16)6-11(19)18-13/h2-7,12H,15H2,1H3,(H3,16,17,18,19). The lowest BCUT2D eigenvalue weighted by atomic mass is 10.1. The lowest BCUT2D eigenvalue weighted by molar-refractivity contribution is 0.717. The average molecular weight is 311 g/mol. The van der Waals surface area contributed by atoms with E-state index in [0.717, 1.165) is 5.56 Å². The summed E-state index contributed by atoms with van der Waals surface area (Å²) in [7, 11) is 0. The molecule has 2 unspecified atom stereocenters. The van der Waals surface area contributed by atoms with Crippen molar-refractivity contribution in [2.75, 3.05) is 5.73 Å². The van der Waals surface area contributed by atoms with Crippen LogP contribution in [0.2, 0.25) is 5.02 Å². The first-order valence-corrected chi connectivity index (χ1v) is 7.26. The second kappa shape index (κ2) is 6.30. The van der Waals surface area contributed by atoms with Gasteiger partial charge in [0.2, 0.25) is 0 Å². The van der Waals surface area contributed by atoms with Crippen molar-refractivity contribution in [2.45, 2.75) is 23.4 Å². The van der Waals surface area contributed by atoms with Crippen LogP contribution in [0.5, 0.6) is 0 Å². The molecule has 5 N–H and O–H groups in total. The quantitative estimate of drug-likeness (QED) is 0.594. The minimum absolute atomic E-state index is 0.0581. The van der Waals surface area contributed by atoms with Crippen LogP contribution < -0.4 is 17.0 Å². The molecule has 1 aromatic carbocycles. The van der Waals surface area contributed by atoms with E-state index < -0.39 is 0 Å². The van der Waals surface area contributed by atoms with Gasteiger partial charge in [0.15, 0.2) is 5.16 Å². The van der Waals surface area contributed by atoms with E-state index >= 15 is 0 Å². The van der Waals surface area contributed by atoms with Crippen LogP contribution >= 0.6 is 23.4 Å². The molecule has 1 heterocycles. The molecular formula is C13H15ClN4OS. The van der Waals surface area contributed by atoms with E-state index in [2.05, 4.69) is 9.97 Å². The third-order valence-electron chi connectivity index (χ3n) is 2.65. The van der Waals surface area contributed by atoms with Gasteiger partial charge < -0.3 is 16.5 Å². The zero-order valence-corrected chi connectivity index (χ0v) is 12.4. The highest BCUT2D eigenvalue weighted by molar-refractivity contribution is 7.99. The molecule has 0 bridgehead atoms. The van der Waals surface area contributed by atoms with E-state index in [1.807, 2.05) is 31.2 Å². The number of nitrogens with one attached hydrogen (secondary N) is 1. The largest absolute Gasteiger partial charge is 0.383 e. The Morgan fingerprint density at radius 3 is 2.55 bits per heavy atom. The normalized spacial score (nSPS) is 13.9. The van der Waals surface area contributed by atoms with Crippen molar-refractivity contribution in [1.82, 2.24) is 9.97 Å². The molecule has 0 aliphatic carbocycles. The van der Waals surface area contributed by atoms with Gasteiger partial charge in [-0.1, -0.05) is 35.5 Å². The summed E-state index contributed by atoms with van der Waals surface area (Å²) in [4.78, 5) is 18.2. The monoisotopic (exact) mass is 310 g/mol. The Kier molecular flexibility index (Phi) is 4.69. The van der Waals surface area contributed by atoms with Crippen molar-refractivity contribution in [2.24, 2.45) is 5.73 Å². The zero-order chi connectivity index (χ0) is 14.7. The molecule has 0 amide bonds. The number of benzene rings is 1. The van der Waals surface area contributed by atoms with E-state index in [0.29, 0.717) is 10.2 Å². The van der Waals surface area contributed by atoms with Crippen molar-refractivity contribution in [1.29, 1.82) is 0 Å². The molecule has 0 aliphatic heterocycles. The van der Waals surface area contributed by atoms with E-state index in [9.17, 15) is 4.79 Å². The number of nitrogens with zero attached hydrogens (tertiary/aromatic N) is 1. The lowest BCUT2D eigenvalue weighted by Gasteiger charge is -2.20. The molecular weight excluding hydrogens is 296 g/mol. The topological polar surface area (TPSA) is 97.8 Å². The van der Waals surface area contributed by atoms with Crippen LogP contribution in [0, 0.1) is 0 Å². The summed E-state index contributed by atoms with van der Waals surface area (Å²) in [5, 5.41) is 1.06. The number of anilines is 1. The summed E-state index contributed by atoms with van der Waals surface area (Å²) in [5.74, 6) is 0.191. The Bertz CT molecular complexity index is 642. The number of aromatic amines is 1. The third-order valence-corrected chi connectivity index (χ3v) is 4.28. The Balaban J connectivity index is 2.30. The van der Waals surface area contributed by atoms with Crippen LogP contribution in [0.1, 0.15) is 17.7 Å². The minimum atomic E-state index is -0.278. The van der Waals surface area contributed by atoms with Gasteiger partial charge in [0.1, 0.15) is 5.82 Å². The van der Waals surface area contributed by atoms with E-state index in [1.165, 1.54) is 17.8 Å².